The SMILES string of the molecule is C[N+](C)(Cc1ccc(NC(=O)c2cc(Cl)sc2Cl)cc1)C1CCOCC1.[I-]. The second kappa shape index (κ2) is 9.89. The van der Waals surface area contributed by atoms with Gasteiger partial charge in [0.25, 0.3) is 5.91 Å². The van der Waals surface area contributed by atoms with Crippen LogP contribution in [0.2, 0.25) is 8.67 Å². The molecule has 0 unspecified atom stereocenters. The summed E-state index contributed by atoms with van der Waals surface area (Å²) in [5, 5.41) is 2.87. The van der Waals surface area contributed by atoms with Gasteiger partial charge in [0.1, 0.15) is 10.9 Å². The Morgan fingerprint density at radius 1 is 1.22 bits per heavy atom. The van der Waals surface area contributed by atoms with Crippen LogP contribution in [0.25, 0.3) is 0 Å². The van der Waals surface area contributed by atoms with Crippen molar-refractivity contribution in [2.75, 3.05) is 32.6 Å². The Hall–Kier alpha value is -0.380. The number of hydrogen-bond donors (Lipinski definition) is 1. The van der Waals surface area contributed by atoms with E-state index in [1.54, 1.807) is 6.07 Å². The zero-order valence-corrected chi connectivity index (χ0v) is 19.8. The van der Waals surface area contributed by atoms with E-state index in [0.29, 0.717) is 20.3 Å². The third-order valence-electron chi connectivity index (χ3n) is 4.88. The number of halogens is 3. The molecule has 1 amide bonds. The molecule has 1 aliphatic heterocycles. The van der Waals surface area contributed by atoms with Gasteiger partial charge < -0.3 is 38.5 Å². The van der Waals surface area contributed by atoms with Crippen LogP contribution in [-0.4, -0.2) is 43.7 Å². The lowest BCUT2D eigenvalue weighted by atomic mass is 10.0. The van der Waals surface area contributed by atoms with Crippen molar-refractivity contribution >= 4 is 46.1 Å². The van der Waals surface area contributed by atoms with Gasteiger partial charge in [0, 0.05) is 24.1 Å². The normalized spacial score (nSPS) is 15.3. The third kappa shape index (κ3) is 6.05. The second-order valence-corrected chi connectivity index (χ2v) is 9.45. The number of benzene rings is 1. The van der Waals surface area contributed by atoms with Gasteiger partial charge in [-0.3, -0.25) is 4.79 Å². The molecule has 148 valence electrons. The van der Waals surface area contributed by atoms with Crippen molar-refractivity contribution in [2.45, 2.75) is 25.4 Å². The van der Waals surface area contributed by atoms with Crippen molar-refractivity contribution in [3.05, 3.63) is 50.1 Å². The van der Waals surface area contributed by atoms with Crippen LogP contribution in [0.3, 0.4) is 0 Å². The number of thiophene rings is 1. The molecule has 0 spiro atoms. The first-order chi connectivity index (χ1) is 12.3. The number of quaternary nitrogens is 1. The summed E-state index contributed by atoms with van der Waals surface area (Å²) < 4.78 is 7.33. The van der Waals surface area contributed by atoms with Gasteiger partial charge in [0.2, 0.25) is 0 Å². The van der Waals surface area contributed by atoms with E-state index in [2.05, 4.69) is 31.5 Å². The Morgan fingerprint density at radius 3 is 2.41 bits per heavy atom. The van der Waals surface area contributed by atoms with Crippen LogP contribution in [0.4, 0.5) is 5.69 Å². The molecule has 3 rings (SSSR count). The maximum atomic E-state index is 12.3. The molecule has 8 heteroatoms. The van der Waals surface area contributed by atoms with Gasteiger partial charge in [0.15, 0.2) is 0 Å². The van der Waals surface area contributed by atoms with Gasteiger partial charge >= 0.3 is 0 Å². The highest BCUT2D eigenvalue weighted by Crippen LogP contribution is 2.31. The number of anilines is 1. The number of carbonyl (C=O) groups is 1. The molecule has 4 nitrogen and oxygen atoms in total. The van der Waals surface area contributed by atoms with E-state index in [1.165, 1.54) is 16.9 Å². The molecule has 2 aromatic rings. The molecule has 1 saturated heterocycles. The van der Waals surface area contributed by atoms with E-state index in [9.17, 15) is 4.79 Å². The molecule has 0 aliphatic carbocycles. The van der Waals surface area contributed by atoms with Gasteiger partial charge in [-0.2, -0.15) is 0 Å². The fourth-order valence-electron chi connectivity index (χ4n) is 3.37. The summed E-state index contributed by atoms with van der Waals surface area (Å²) in [7, 11) is 4.54. The van der Waals surface area contributed by atoms with Crippen LogP contribution in [0, 0.1) is 0 Å². The standard InChI is InChI=1S/C19H22Cl2N2O2S.HI/c1-23(2,15-7-9-25-10-8-15)12-13-3-5-14(6-4-13)22-19(24)16-11-17(20)26-18(16)21;/h3-6,11,15H,7-10,12H2,1-2H3;1H. The highest BCUT2D eigenvalue weighted by molar-refractivity contribution is 7.20. The van der Waals surface area contributed by atoms with Crippen molar-refractivity contribution in [1.82, 2.24) is 0 Å². The van der Waals surface area contributed by atoms with E-state index >= 15 is 0 Å². The average molecular weight is 541 g/mol. The molecule has 1 aromatic carbocycles. The summed E-state index contributed by atoms with van der Waals surface area (Å²) in [6.07, 6.45) is 2.20. The Kier molecular flexibility index (Phi) is 8.39. The summed E-state index contributed by atoms with van der Waals surface area (Å²) in [5.41, 5.74) is 2.40. The summed E-state index contributed by atoms with van der Waals surface area (Å²) in [6, 6.07) is 10.2. The van der Waals surface area contributed by atoms with Crippen molar-refractivity contribution in [3.63, 3.8) is 0 Å². The molecule has 1 aliphatic rings. The van der Waals surface area contributed by atoms with Crippen LogP contribution < -0.4 is 29.3 Å². The van der Waals surface area contributed by atoms with Gasteiger partial charge in [-0.15, -0.1) is 11.3 Å². The summed E-state index contributed by atoms with van der Waals surface area (Å²) in [5.74, 6) is -0.246. The predicted octanol–water partition coefficient (Wildman–Crippen LogP) is 2.07. The van der Waals surface area contributed by atoms with Crippen molar-refractivity contribution in [2.24, 2.45) is 0 Å². The molecule has 0 radical (unpaired) electrons. The number of nitrogens with zero attached hydrogens (tertiary/aromatic N) is 1. The topological polar surface area (TPSA) is 38.3 Å². The molecule has 0 bridgehead atoms. The number of ether oxygens (including phenoxy) is 1. The van der Waals surface area contributed by atoms with E-state index in [-0.39, 0.29) is 29.9 Å². The van der Waals surface area contributed by atoms with Gasteiger partial charge in [0.05, 0.1) is 43.3 Å². The fourth-order valence-corrected chi connectivity index (χ4v) is 4.83. The minimum atomic E-state index is -0.246. The minimum absolute atomic E-state index is 0. The minimum Gasteiger partial charge on any atom is -1.00 e. The number of nitrogens with one attached hydrogen (secondary N) is 1. The molecule has 1 fully saturated rings. The van der Waals surface area contributed by atoms with E-state index in [1.807, 2.05) is 12.1 Å². The molecule has 1 aromatic heterocycles. The third-order valence-corrected chi connectivity index (χ3v) is 6.37. The molecule has 0 saturated carbocycles. The number of rotatable bonds is 5. The molecule has 2 heterocycles. The highest BCUT2D eigenvalue weighted by atomic mass is 127. The summed E-state index contributed by atoms with van der Waals surface area (Å²) in [4.78, 5) is 12.3. The van der Waals surface area contributed by atoms with Gasteiger partial charge in [-0.1, -0.05) is 35.3 Å². The van der Waals surface area contributed by atoms with E-state index in [0.717, 1.165) is 42.8 Å². The monoisotopic (exact) mass is 540 g/mol. The van der Waals surface area contributed by atoms with Crippen molar-refractivity contribution in [3.8, 4) is 0 Å². The lowest BCUT2D eigenvalue weighted by Gasteiger charge is -2.40. The van der Waals surface area contributed by atoms with Gasteiger partial charge in [-0.05, 0) is 18.2 Å². The quantitative estimate of drug-likeness (QED) is 0.466. The fraction of sp³-hybridized carbons (Fsp3) is 0.421. The Labute approximate surface area is 191 Å². The zero-order chi connectivity index (χ0) is 18.7. The largest absolute Gasteiger partial charge is 1.00 e. The summed E-state index contributed by atoms with van der Waals surface area (Å²) >= 11 is 13.1. The lowest BCUT2D eigenvalue weighted by molar-refractivity contribution is -0.929. The molecule has 27 heavy (non-hydrogen) atoms. The number of hydrogen-bond acceptors (Lipinski definition) is 3. The van der Waals surface area contributed by atoms with Gasteiger partial charge in [-0.25, -0.2) is 0 Å². The van der Waals surface area contributed by atoms with Crippen LogP contribution in [0.5, 0.6) is 0 Å². The van der Waals surface area contributed by atoms with Crippen LogP contribution in [0.15, 0.2) is 30.3 Å². The molecule has 1 N–H and O–H groups in total. The lowest BCUT2D eigenvalue weighted by Crippen LogP contribution is -3.00. The average Bonchev–Trinajstić information content (AvgIpc) is 2.96. The smallest absolute Gasteiger partial charge is 0.258 e. The Bertz CT molecular complexity index is 775. The first-order valence-corrected chi connectivity index (χ1v) is 10.2. The second-order valence-electron chi connectivity index (χ2n) is 7.17. The first kappa shape index (κ1) is 22.9. The Morgan fingerprint density at radius 2 is 1.85 bits per heavy atom. The molecule has 0 atom stereocenters. The first-order valence-electron chi connectivity index (χ1n) is 8.61. The molecular formula is C19H23Cl2IN2O2S. The van der Waals surface area contributed by atoms with Crippen LogP contribution >= 0.6 is 34.5 Å². The van der Waals surface area contributed by atoms with Crippen LogP contribution in [0.1, 0.15) is 28.8 Å². The van der Waals surface area contributed by atoms with Crippen molar-refractivity contribution < 1.29 is 38.0 Å². The number of amides is 1. The maximum absolute atomic E-state index is 12.3. The van der Waals surface area contributed by atoms with Crippen LogP contribution in [-0.2, 0) is 11.3 Å². The van der Waals surface area contributed by atoms with Crippen molar-refractivity contribution in [1.29, 1.82) is 0 Å². The predicted molar refractivity (Wildman–Crippen MR) is 108 cm³/mol. The maximum Gasteiger partial charge on any atom is 0.258 e. The van der Waals surface area contributed by atoms with E-state index in [4.69, 9.17) is 27.9 Å². The Balaban J connectivity index is 0.00000261. The number of carbonyl (C=O) groups excluding carboxylic acids is 1. The molecular weight excluding hydrogens is 518 g/mol. The van der Waals surface area contributed by atoms with E-state index < -0.39 is 0 Å². The highest BCUT2D eigenvalue weighted by Gasteiger charge is 2.30. The summed E-state index contributed by atoms with van der Waals surface area (Å²) in [6.45, 7) is 2.66. The zero-order valence-electron chi connectivity index (χ0n) is 15.3.